The molecular formula is C30H54NO10S+2. The van der Waals surface area contributed by atoms with Crippen LogP contribution in [-0.2, 0) is 64.5 Å². The number of aryl methyl sites for hydroxylation is 1. The molecule has 0 aliphatic carbocycles. The molecule has 12 heteroatoms. The highest BCUT2D eigenvalue weighted by atomic mass is 32.3. The Balaban J connectivity index is 1.96. The Morgan fingerprint density at radius 3 is 1.76 bits per heavy atom. The summed E-state index contributed by atoms with van der Waals surface area (Å²) in [5.41, 5.74) is 2.54. The standard InChI is InChI=1S/C30H54NO10S/c1-3-5-6-7-8-9-10-12-28-13-14-30(29(27-28)11-4-2)39-25-23-37-21-19-35-17-15-34-16-18-36-20-22-38-24-26-40-42(32,33)41-31/h4,13-14,27H,2-3,5-12,15-26H2,1,31H3/q+2. The van der Waals surface area contributed by atoms with Gasteiger partial charge >= 0.3 is 10.8 Å². The smallest absolute Gasteiger partial charge is 0.491 e. The molecule has 1 aromatic rings. The zero-order chi connectivity index (χ0) is 30.6. The van der Waals surface area contributed by atoms with E-state index in [4.69, 9.17) is 28.4 Å². The Morgan fingerprint density at radius 2 is 1.24 bits per heavy atom. The lowest BCUT2D eigenvalue weighted by Crippen LogP contribution is -2.53. The molecule has 0 aromatic heterocycles. The van der Waals surface area contributed by atoms with Gasteiger partial charge in [0.1, 0.15) is 23.5 Å². The molecule has 0 bridgehead atoms. The molecule has 0 saturated heterocycles. The summed E-state index contributed by atoms with van der Waals surface area (Å²) in [7, 11) is -4.02. The average Bonchev–Trinajstić information content (AvgIpc) is 2.98. The summed E-state index contributed by atoms with van der Waals surface area (Å²) in [4.78, 5) is 0. The number of hydrogen-bond donors (Lipinski definition) is 1. The predicted molar refractivity (Wildman–Crippen MR) is 160 cm³/mol. The third kappa shape index (κ3) is 22.1. The molecule has 3 N–H and O–H groups in total. The van der Waals surface area contributed by atoms with E-state index in [2.05, 4.69) is 46.1 Å². The lowest BCUT2D eigenvalue weighted by molar-refractivity contribution is -0.640. The molecule has 0 spiro atoms. The maximum atomic E-state index is 10.9. The van der Waals surface area contributed by atoms with Crippen molar-refractivity contribution in [1.82, 2.24) is 0 Å². The molecule has 11 nitrogen and oxygen atoms in total. The largest absolute Gasteiger partial charge is 0.597 e. The van der Waals surface area contributed by atoms with Gasteiger partial charge in [0.2, 0.25) is 0 Å². The fraction of sp³-hybridized carbons (Fsp3) is 0.733. The number of hydrogen-bond acceptors (Lipinski definition) is 9. The van der Waals surface area contributed by atoms with Gasteiger partial charge in [-0.2, -0.15) is 5.90 Å². The monoisotopic (exact) mass is 620 g/mol. The number of quaternary nitrogens is 1. The van der Waals surface area contributed by atoms with Crippen molar-refractivity contribution < 1.29 is 51.5 Å². The molecule has 1 unspecified atom stereocenters. The molecule has 0 saturated carbocycles. The van der Waals surface area contributed by atoms with E-state index in [9.17, 15) is 8.76 Å². The van der Waals surface area contributed by atoms with E-state index in [-0.39, 0.29) is 13.2 Å². The van der Waals surface area contributed by atoms with Crippen LogP contribution >= 0.6 is 0 Å². The normalized spacial score (nSPS) is 12.8. The second kappa shape index (κ2) is 27.1. The SMILES string of the molecule is C=CCc1cc(CCCCCCCCC)ccc1OCCOCCOCCOCCOCCOCCO[S+]([O])(=O)O[NH3+]. The van der Waals surface area contributed by atoms with Crippen LogP contribution in [0.4, 0.5) is 0 Å². The van der Waals surface area contributed by atoms with Crippen LogP contribution in [0.15, 0.2) is 30.9 Å². The summed E-state index contributed by atoms with van der Waals surface area (Å²) >= 11 is 0. The number of allylic oxidation sites excluding steroid dienone is 1. The van der Waals surface area contributed by atoms with Crippen molar-refractivity contribution in [3.8, 4) is 5.75 Å². The van der Waals surface area contributed by atoms with Crippen molar-refractivity contribution >= 4 is 10.8 Å². The van der Waals surface area contributed by atoms with Gasteiger partial charge in [0.05, 0.1) is 70.4 Å². The van der Waals surface area contributed by atoms with E-state index >= 15 is 0 Å². The third-order valence-electron chi connectivity index (χ3n) is 6.13. The predicted octanol–water partition coefficient (Wildman–Crippen LogP) is 4.04. The summed E-state index contributed by atoms with van der Waals surface area (Å²) in [6.07, 6.45) is 13.0. The highest BCUT2D eigenvalue weighted by Crippen LogP contribution is 2.22. The van der Waals surface area contributed by atoms with Crippen LogP contribution in [0.1, 0.15) is 63.0 Å². The van der Waals surface area contributed by atoms with Gasteiger partial charge in [0, 0.05) is 4.21 Å². The van der Waals surface area contributed by atoms with Crippen LogP contribution in [0, 0.1) is 0 Å². The van der Waals surface area contributed by atoms with Gasteiger partial charge in [-0.05, 0) is 36.5 Å². The van der Waals surface area contributed by atoms with E-state index in [1.54, 1.807) is 0 Å². The summed E-state index contributed by atoms with van der Waals surface area (Å²) in [6, 6.07) is 6.51. The molecule has 0 aliphatic heterocycles. The topological polar surface area (TPSA) is 138 Å². The van der Waals surface area contributed by atoms with Gasteiger partial charge in [0.15, 0.2) is 0 Å². The minimum Gasteiger partial charge on any atom is -0.491 e. The summed E-state index contributed by atoms with van der Waals surface area (Å²) in [5.74, 6) is 3.68. The maximum absolute atomic E-state index is 10.9. The first-order chi connectivity index (χ1) is 20.5. The van der Waals surface area contributed by atoms with Gasteiger partial charge in [-0.15, -0.1) is 10.8 Å². The highest BCUT2D eigenvalue weighted by molar-refractivity contribution is 7.88. The van der Waals surface area contributed by atoms with Crippen molar-refractivity contribution in [3.63, 3.8) is 0 Å². The Labute approximate surface area is 253 Å². The van der Waals surface area contributed by atoms with Crippen LogP contribution in [0.5, 0.6) is 5.75 Å². The van der Waals surface area contributed by atoms with Crippen LogP contribution < -0.4 is 10.6 Å². The van der Waals surface area contributed by atoms with E-state index in [1.807, 2.05) is 6.08 Å². The molecule has 1 atom stereocenters. The van der Waals surface area contributed by atoms with Crippen LogP contribution in [-0.4, -0.2) is 79.3 Å². The molecule has 1 radical (unpaired) electrons. The minimum atomic E-state index is -4.02. The number of unbranched alkanes of at least 4 members (excludes halogenated alkanes) is 6. The average molecular weight is 621 g/mol. The fourth-order valence-electron chi connectivity index (χ4n) is 3.95. The molecule has 0 amide bonds. The van der Waals surface area contributed by atoms with Crippen LogP contribution in [0.25, 0.3) is 0 Å². The van der Waals surface area contributed by atoms with E-state index in [0.29, 0.717) is 66.1 Å². The quantitative estimate of drug-likeness (QED) is 0.0564. The lowest BCUT2D eigenvalue weighted by Gasteiger charge is -2.13. The minimum absolute atomic E-state index is 0.0976. The highest BCUT2D eigenvalue weighted by Gasteiger charge is 2.35. The zero-order valence-corrected chi connectivity index (χ0v) is 26.4. The third-order valence-corrected chi connectivity index (χ3v) is 6.88. The molecule has 243 valence electrons. The van der Waals surface area contributed by atoms with Gasteiger partial charge in [0.25, 0.3) is 0 Å². The lowest BCUT2D eigenvalue weighted by atomic mass is 10.0. The Hall–Kier alpha value is -1.45. The molecule has 0 fully saturated rings. The van der Waals surface area contributed by atoms with E-state index in [0.717, 1.165) is 18.6 Å². The number of rotatable bonds is 31. The number of ether oxygens (including phenoxy) is 6. The molecule has 42 heavy (non-hydrogen) atoms. The zero-order valence-electron chi connectivity index (χ0n) is 25.6. The van der Waals surface area contributed by atoms with Gasteiger partial charge in [-0.3, -0.25) is 0 Å². The molecule has 0 aliphatic rings. The first kappa shape index (κ1) is 38.6. The Morgan fingerprint density at radius 1 is 0.738 bits per heavy atom. The van der Waals surface area contributed by atoms with E-state index in [1.165, 1.54) is 56.1 Å². The van der Waals surface area contributed by atoms with E-state index < -0.39 is 10.8 Å². The first-order valence-corrected chi connectivity index (χ1v) is 16.4. The van der Waals surface area contributed by atoms with Gasteiger partial charge in [-0.25, -0.2) is 0 Å². The Kier molecular flexibility index (Phi) is 24.9. The molecule has 0 heterocycles. The summed E-state index contributed by atoms with van der Waals surface area (Å²) < 4.78 is 63.2. The van der Waals surface area contributed by atoms with Crippen LogP contribution in [0.3, 0.4) is 0 Å². The number of benzene rings is 1. The maximum Gasteiger partial charge on any atom is 0.597 e. The second-order valence-corrected chi connectivity index (χ2v) is 10.9. The second-order valence-electron chi connectivity index (χ2n) is 9.56. The summed E-state index contributed by atoms with van der Waals surface area (Å²) in [6.45, 7) is 10.5. The van der Waals surface area contributed by atoms with Gasteiger partial charge in [-0.1, -0.05) is 63.7 Å². The van der Waals surface area contributed by atoms with Crippen molar-refractivity contribution in [1.29, 1.82) is 0 Å². The van der Waals surface area contributed by atoms with Crippen molar-refractivity contribution in [2.45, 2.75) is 64.7 Å². The van der Waals surface area contributed by atoms with Crippen molar-refractivity contribution in [2.24, 2.45) is 0 Å². The first-order valence-electron chi connectivity index (χ1n) is 15.1. The molecule has 1 aromatic carbocycles. The summed E-state index contributed by atoms with van der Waals surface area (Å²) in [5, 5.41) is 0. The van der Waals surface area contributed by atoms with Crippen molar-refractivity contribution in [2.75, 3.05) is 79.3 Å². The van der Waals surface area contributed by atoms with Crippen LogP contribution in [0.2, 0.25) is 0 Å². The van der Waals surface area contributed by atoms with Crippen molar-refractivity contribution in [3.05, 3.63) is 42.0 Å². The van der Waals surface area contributed by atoms with Gasteiger partial charge < -0.3 is 28.4 Å². The Bertz CT molecular complexity index is 829. The fourth-order valence-corrected chi connectivity index (χ4v) is 4.29. The molecule has 1 rings (SSSR count). The molecular weight excluding hydrogens is 566 g/mol.